The second-order valence-corrected chi connectivity index (χ2v) is 4.41. The van der Waals surface area contributed by atoms with E-state index in [9.17, 15) is 4.79 Å². The van der Waals surface area contributed by atoms with Crippen LogP contribution in [0.1, 0.15) is 15.9 Å². The number of hydrogen-bond donors (Lipinski definition) is 2. The average molecular weight is 278 g/mol. The molecular weight excluding hydrogens is 266 g/mol. The second-order valence-electron chi connectivity index (χ2n) is 3.97. The summed E-state index contributed by atoms with van der Waals surface area (Å²) >= 11 is 5.78. The summed E-state index contributed by atoms with van der Waals surface area (Å²) in [7, 11) is 0. The molecule has 0 spiro atoms. The van der Waals surface area contributed by atoms with Crippen molar-refractivity contribution in [3.05, 3.63) is 58.6 Å². The maximum atomic E-state index is 10.9. The van der Waals surface area contributed by atoms with Crippen molar-refractivity contribution < 1.29 is 14.6 Å². The third kappa shape index (κ3) is 3.39. The van der Waals surface area contributed by atoms with Gasteiger partial charge in [-0.2, -0.15) is 0 Å². The average Bonchev–Trinajstić information content (AvgIpc) is 2.39. The van der Waals surface area contributed by atoms with Gasteiger partial charge in [0.1, 0.15) is 12.4 Å². The lowest BCUT2D eigenvalue weighted by molar-refractivity contribution is 0.0697. The zero-order chi connectivity index (χ0) is 13.8. The van der Waals surface area contributed by atoms with Gasteiger partial charge in [0.25, 0.3) is 0 Å². The van der Waals surface area contributed by atoms with Crippen LogP contribution in [0.25, 0.3) is 0 Å². The zero-order valence-electron chi connectivity index (χ0n) is 9.97. The van der Waals surface area contributed by atoms with Gasteiger partial charge in [-0.25, -0.2) is 4.79 Å². The summed E-state index contributed by atoms with van der Waals surface area (Å²) in [6.45, 7) is 0.333. The molecule has 0 heterocycles. The molecule has 0 aliphatic carbocycles. The highest BCUT2D eigenvalue weighted by molar-refractivity contribution is 6.30. The maximum absolute atomic E-state index is 10.9. The number of nitrogens with two attached hydrogens (primary N) is 1. The maximum Gasteiger partial charge on any atom is 0.337 e. The predicted octanol–water partition coefficient (Wildman–Crippen LogP) is 3.20. The van der Waals surface area contributed by atoms with Crippen molar-refractivity contribution in [3.8, 4) is 5.75 Å². The number of anilines is 1. The van der Waals surface area contributed by atoms with Crippen molar-refractivity contribution in [2.75, 3.05) is 5.73 Å². The van der Waals surface area contributed by atoms with Crippen LogP contribution in [0.15, 0.2) is 42.5 Å². The Morgan fingerprint density at radius 1 is 1.21 bits per heavy atom. The molecule has 0 radical (unpaired) electrons. The van der Waals surface area contributed by atoms with Crippen molar-refractivity contribution in [2.45, 2.75) is 6.61 Å². The first-order chi connectivity index (χ1) is 9.06. The lowest BCUT2D eigenvalue weighted by Gasteiger charge is -2.08. The Bertz CT molecular complexity index is 596. The first kappa shape index (κ1) is 13.2. The molecule has 2 aromatic carbocycles. The fourth-order valence-electron chi connectivity index (χ4n) is 1.56. The highest BCUT2D eigenvalue weighted by Gasteiger charge is 2.09. The number of ether oxygens (including phenoxy) is 1. The van der Waals surface area contributed by atoms with Gasteiger partial charge in [-0.3, -0.25) is 0 Å². The van der Waals surface area contributed by atoms with Crippen LogP contribution in [-0.2, 0) is 6.61 Å². The lowest BCUT2D eigenvalue weighted by atomic mass is 10.1. The van der Waals surface area contributed by atoms with Gasteiger partial charge in [0.15, 0.2) is 0 Å². The highest BCUT2D eigenvalue weighted by Crippen LogP contribution is 2.21. The Balaban J connectivity index is 2.09. The Kier molecular flexibility index (Phi) is 3.92. The van der Waals surface area contributed by atoms with Gasteiger partial charge < -0.3 is 15.6 Å². The molecular formula is C14H12ClNO3. The monoisotopic (exact) mass is 277 g/mol. The Hall–Kier alpha value is -2.20. The summed E-state index contributed by atoms with van der Waals surface area (Å²) in [5.41, 5.74) is 6.76. The Morgan fingerprint density at radius 2 is 1.89 bits per heavy atom. The van der Waals surface area contributed by atoms with E-state index in [0.717, 1.165) is 5.56 Å². The normalized spacial score (nSPS) is 10.2. The van der Waals surface area contributed by atoms with Crippen molar-refractivity contribution in [1.29, 1.82) is 0 Å². The van der Waals surface area contributed by atoms with Crippen LogP contribution in [0, 0.1) is 0 Å². The van der Waals surface area contributed by atoms with E-state index < -0.39 is 5.97 Å². The first-order valence-corrected chi connectivity index (χ1v) is 5.94. The van der Waals surface area contributed by atoms with Crippen molar-refractivity contribution in [3.63, 3.8) is 0 Å². The number of carboxylic acids is 1. The van der Waals surface area contributed by atoms with Crippen molar-refractivity contribution in [2.24, 2.45) is 0 Å². The molecule has 0 atom stereocenters. The summed E-state index contributed by atoms with van der Waals surface area (Å²) < 4.78 is 5.52. The van der Waals surface area contributed by atoms with Crippen molar-refractivity contribution in [1.82, 2.24) is 0 Å². The topological polar surface area (TPSA) is 72.5 Å². The van der Waals surface area contributed by atoms with Gasteiger partial charge >= 0.3 is 5.97 Å². The van der Waals surface area contributed by atoms with Crippen LogP contribution >= 0.6 is 11.6 Å². The van der Waals surface area contributed by atoms with Gasteiger partial charge in [0, 0.05) is 10.7 Å². The quantitative estimate of drug-likeness (QED) is 0.842. The van der Waals surface area contributed by atoms with Crippen LogP contribution in [0.3, 0.4) is 0 Å². The largest absolute Gasteiger partial charge is 0.489 e. The molecule has 0 aliphatic heterocycles. The minimum atomic E-state index is -1.07. The number of rotatable bonds is 4. The molecule has 2 rings (SSSR count). The zero-order valence-corrected chi connectivity index (χ0v) is 10.7. The molecule has 2 aromatic rings. The standard InChI is InChI=1S/C14H12ClNO3/c15-10-3-1-9(2-4-10)8-19-11-5-6-13(16)12(7-11)14(17)18/h1-7H,8,16H2,(H,17,18). The third-order valence-electron chi connectivity index (χ3n) is 2.57. The summed E-state index contributed by atoms with van der Waals surface area (Å²) in [5.74, 6) is -0.615. The Morgan fingerprint density at radius 3 is 2.53 bits per heavy atom. The van der Waals surface area contributed by atoms with Gasteiger partial charge in [0.2, 0.25) is 0 Å². The predicted molar refractivity (Wildman–Crippen MR) is 73.6 cm³/mol. The number of carbonyl (C=O) groups is 1. The molecule has 0 aromatic heterocycles. The van der Waals surface area contributed by atoms with Crippen molar-refractivity contribution >= 4 is 23.3 Å². The minimum Gasteiger partial charge on any atom is -0.489 e. The second kappa shape index (κ2) is 5.63. The van der Waals surface area contributed by atoms with Crippen LogP contribution in [0.2, 0.25) is 5.02 Å². The molecule has 0 unspecified atom stereocenters. The number of benzene rings is 2. The van der Waals surface area contributed by atoms with E-state index in [1.165, 1.54) is 12.1 Å². The smallest absolute Gasteiger partial charge is 0.337 e. The van der Waals surface area contributed by atoms with Crippen LogP contribution < -0.4 is 10.5 Å². The molecule has 0 aliphatic rings. The van der Waals surface area contributed by atoms with E-state index in [-0.39, 0.29) is 11.3 Å². The van der Waals surface area contributed by atoms with Crippen LogP contribution in [0.4, 0.5) is 5.69 Å². The summed E-state index contributed by atoms with van der Waals surface area (Å²) in [5, 5.41) is 9.61. The minimum absolute atomic E-state index is 0.0357. The molecule has 19 heavy (non-hydrogen) atoms. The fraction of sp³-hybridized carbons (Fsp3) is 0.0714. The van der Waals surface area contributed by atoms with E-state index >= 15 is 0 Å². The van der Waals surface area contributed by atoms with E-state index in [4.69, 9.17) is 27.2 Å². The molecule has 4 nitrogen and oxygen atoms in total. The molecule has 0 fully saturated rings. The van der Waals surface area contributed by atoms with E-state index in [0.29, 0.717) is 17.4 Å². The lowest BCUT2D eigenvalue weighted by Crippen LogP contribution is -2.03. The fourth-order valence-corrected chi connectivity index (χ4v) is 1.68. The van der Waals surface area contributed by atoms with Crippen LogP contribution in [0.5, 0.6) is 5.75 Å². The number of hydrogen-bond acceptors (Lipinski definition) is 3. The summed E-state index contributed by atoms with van der Waals surface area (Å²) in [6, 6.07) is 11.8. The summed E-state index contributed by atoms with van der Waals surface area (Å²) in [6.07, 6.45) is 0. The van der Waals surface area contributed by atoms with Gasteiger partial charge in [0.05, 0.1) is 5.56 Å². The van der Waals surface area contributed by atoms with E-state index in [1.807, 2.05) is 12.1 Å². The SMILES string of the molecule is Nc1ccc(OCc2ccc(Cl)cc2)cc1C(=O)O. The van der Waals surface area contributed by atoms with E-state index in [1.54, 1.807) is 18.2 Å². The van der Waals surface area contributed by atoms with Gasteiger partial charge in [-0.05, 0) is 35.9 Å². The molecule has 98 valence electrons. The molecule has 3 N–H and O–H groups in total. The van der Waals surface area contributed by atoms with Crippen LogP contribution in [-0.4, -0.2) is 11.1 Å². The Labute approximate surface area is 115 Å². The molecule has 0 amide bonds. The highest BCUT2D eigenvalue weighted by atomic mass is 35.5. The number of carboxylic acid groups (broad SMARTS) is 1. The summed E-state index contributed by atoms with van der Waals surface area (Å²) in [4.78, 5) is 10.9. The van der Waals surface area contributed by atoms with Gasteiger partial charge in [-0.1, -0.05) is 23.7 Å². The molecule has 0 bridgehead atoms. The molecule has 5 heteroatoms. The first-order valence-electron chi connectivity index (χ1n) is 5.56. The number of aromatic carboxylic acids is 1. The molecule has 0 saturated heterocycles. The van der Waals surface area contributed by atoms with Gasteiger partial charge in [-0.15, -0.1) is 0 Å². The number of halogens is 1. The van der Waals surface area contributed by atoms with E-state index in [2.05, 4.69) is 0 Å². The molecule has 0 saturated carbocycles. The third-order valence-corrected chi connectivity index (χ3v) is 2.83. The number of nitrogen functional groups attached to an aromatic ring is 1.